The molecule has 6 nitrogen and oxygen atoms in total. The number of nitriles is 1. The van der Waals surface area contributed by atoms with Gasteiger partial charge in [0.1, 0.15) is 6.07 Å². The van der Waals surface area contributed by atoms with Gasteiger partial charge in [-0.3, -0.25) is 4.79 Å². The number of carbonyl (C=O) groups is 2. The summed E-state index contributed by atoms with van der Waals surface area (Å²) in [5, 5.41) is 14.4. The Kier molecular flexibility index (Phi) is 4.77. The van der Waals surface area contributed by atoms with E-state index < -0.39 is 0 Å². The van der Waals surface area contributed by atoms with E-state index in [0.29, 0.717) is 37.2 Å². The van der Waals surface area contributed by atoms with Crippen LogP contribution in [0.1, 0.15) is 18.4 Å². The van der Waals surface area contributed by atoms with E-state index in [4.69, 9.17) is 5.26 Å². The van der Waals surface area contributed by atoms with Crippen LogP contribution in [0.15, 0.2) is 24.3 Å². The number of carbonyl (C=O) groups excluding carboxylic acids is 2. The van der Waals surface area contributed by atoms with Gasteiger partial charge in [0, 0.05) is 26.1 Å². The zero-order chi connectivity index (χ0) is 15.2. The quantitative estimate of drug-likeness (QED) is 0.865. The minimum atomic E-state index is -0.229. The van der Waals surface area contributed by atoms with Crippen molar-refractivity contribution >= 4 is 17.6 Å². The van der Waals surface area contributed by atoms with Gasteiger partial charge in [0.05, 0.1) is 11.3 Å². The van der Waals surface area contributed by atoms with Gasteiger partial charge >= 0.3 is 6.03 Å². The Morgan fingerprint density at radius 3 is 2.57 bits per heavy atom. The molecule has 3 amide bonds. The minimum absolute atomic E-state index is 0.0227. The first-order chi connectivity index (χ1) is 10.2. The first-order valence-electron chi connectivity index (χ1n) is 6.92. The molecule has 21 heavy (non-hydrogen) atoms. The van der Waals surface area contributed by atoms with Crippen LogP contribution in [0, 0.1) is 17.2 Å². The maximum atomic E-state index is 12.2. The third kappa shape index (κ3) is 3.51. The molecule has 2 N–H and O–H groups in total. The van der Waals surface area contributed by atoms with Crippen LogP contribution in [0.3, 0.4) is 0 Å². The number of likely N-dealkylation sites (tertiary alicyclic amines) is 1. The summed E-state index contributed by atoms with van der Waals surface area (Å²) in [6.45, 7) is 1.08. The summed E-state index contributed by atoms with van der Waals surface area (Å²) in [7, 11) is 1.63. The third-order valence-electron chi connectivity index (χ3n) is 3.69. The fraction of sp³-hybridized carbons (Fsp3) is 0.400. The molecule has 1 fully saturated rings. The molecule has 1 aliphatic heterocycles. The second kappa shape index (κ2) is 6.75. The molecule has 110 valence electrons. The minimum Gasteiger partial charge on any atom is -0.359 e. The molecule has 0 unspecified atom stereocenters. The first-order valence-corrected chi connectivity index (χ1v) is 6.92. The van der Waals surface area contributed by atoms with Crippen molar-refractivity contribution in [3.63, 3.8) is 0 Å². The molecule has 1 aliphatic rings. The number of rotatable bonds is 2. The fourth-order valence-electron chi connectivity index (χ4n) is 2.43. The molecular weight excluding hydrogens is 268 g/mol. The number of para-hydroxylation sites is 1. The molecule has 0 saturated carbocycles. The van der Waals surface area contributed by atoms with Crippen LogP contribution < -0.4 is 10.6 Å². The van der Waals surface area contributed by atoms with E-state index in [1.165, 1.54) is 0 Å². The number of amides is 3. The molecule has 1 aromatic carbocycles. The number of hydrogen-bond acceptors (Lipinski definition) is 3. The molecule has 1 heterocycles. The normalized spacial score (nSPS) is 15.1. The zero-order valence-electron chi connectivity index (χ0n) is 11.9. The Hall–Kier alpha value is -2.55. The lowest BCUT2D eigenvalue weighted by atomic mass is 9.96. The molecule has 1 aromatic rings. The van der Waals surface area contributed by atoms with Gasteiger partial charge in [0.15, 0.2) is 0 Å². The van der Waals surface area contributed by atoms with Crippen molar-refractivity contribution < 1.29 is 9.59 Å². The standard InChI is InChI=1S/C15H18N4O2/c1-17-14(20)11-6-8-19(9-7-11)15(21)18-13-5-3-2-4-12(13)10-16/h2-5,11H,6-9H2,1H3,(H,17,20)(H,18,21). The van der Waals surface area contributed by atoms with Crippen molar-refractivity contribution in [2.75, 3.05) is 25.5 Å². The molecule has 6 heteroatoms. The Bertz CT molecular complexity index is 571. The van der Waals surface area contributed by atoms with Gasteiger partial charge in [-0.1, -0.05) is 12.1 Å². The average molecular weight is 286 g/mol. The lowest BCUT2D eigenvalue weighted by Gasteiger charge is -2.31. The van der Waals surface area contributed by atoms with Gasteiger partial charge in [0.2, 0.25) is 5.91 Å². The Morgan fingerprint density at radius 2 is 1.95 bits per heavy atom. The predicted molar refractivity (Wildman–Crippen MR) is 78.5 cm³/mol. The smallest absolute Gasteiger partial charge is 0.321 e. The SMILES string of the molecule is CNC(=O)C1CCN(C(=O)Nc2ccccc2C#N)CC1. The van der Waals surface area contributed by atoms with Crippen molar-refractivity contribution in [1.29, 1.82) is 5.26 Å². The van der Waals surface area contributed by atoms with Gasteiger partial charge in [-0.05, 0) is 25.0 Å². The molecule has 0 atom stereocenters. The highest BCUT2D eigenvalue weighted by atomic mass is 16.2. The Labute approximate surface area is 123 Å². The molecular formula is C15H18N4O2. The van der Waals surface area contributed by atoms with Crippen LogP contribution >= 0.6 is 0 Å². The molecule has 0 aromatic heterocycles. The van der Waals surface area contributed by atoms with Crippen molar-refractivity contribution in [3.8, 4) is 6.07 Å². The molecule has 0 aliphatic carbocycles. The third-order valence-corrected chi connectivity index (χ3v) is 3.69. The average Bonchev–Trinajstić information content (AvgIpc) is 2.54. The van der Waals surface area contributed by atoms with Crippen LogP contribution in [0.2, 0.25) is 0 Å². The highest BCUT2D eigenvalue weighted by molar-refractivity contribution is 5.91. The fourth-order valence-corrected chi connectivity index (χ4v) is 2.43. The summed E-state index contributed by atoms with van der Waals surface area (Å²) in [5.74, 6) is 0.00956. The first kappa shape index (κ1) is 14.9. The summed E-state index contributed by atoms with van der Waals surface area (Å²) >= 11 is 0. The number of benzene rings is 1. The van der Waals surface area contributed by atoms with Crippen molar-refractivity contribution in [2.45, 2.75) is 12.8 Å². The van der Waals surface area contributed by atoms with Crippen LogP contribution in [0.5, 0.6) is 0 Å². The largest absolute Gasteiger partial charge is 0.359 e. The summed E-state index contributed by atoms with van der Waals surface area (Å²) in [5.41, 5.74) is 0.949. The lowest BCUT2D eigenvalue weighted by Crippen LogP contribution is -2.44. The summed E-state index contributed by atoms with van der Waals surface area (Å²) < 4.78 is 0. The van der Waals surface area contributed by atoms with Crippen LogP contribution in [-0.2, 0) is 4.79 Å². The highest BCUT2D eigenvalue weighted by Crippen LogP contribution is 2.19. The van der Waals surface area contributed by atoms with E-state index in [-0.39, 0.29) is 17.9 Å². The van der Waals surface area contributed by atoms with E-state index in [1.54, 1.807) is 36.2 Å². The predicted octanol–water partition coefficient (Wildman–Crippen LogP) is 1.55. The summed E-state index contributed by atoms with van der Waals surface area (Å²) in [4.78, 5) is 25.4. The topological polar surface area (TPSA) is 85.2 Å². The second-order valence-electron chi connectivity index (χ2n) is 4.96. The molecule has 0 bridgehead atoms. The summed E-state index contributed by atoms with van der Waals surface area (Å²) in [6.07, 6.45) is 1.32. The monoisotopic (exact) mass is 286 g/mol. The van der Waals surface area contributed by atoms with Crippen molar-refractivity contribution in [1.82, 2.24) is 10.2 Å². The van der Waals surface area contributed by atoms with Gasteiger partial charge in [0.25, 0.3) is 0 Å². The van der Waals surface area contributed by atoms with Crippen molar-refractivity contribution in [3.05, 3.63) is 29.8 Å². The van der Waals surface area contributed by atoms with Gasteiger partial charge in [-0.2, -0.15) is 5.26 Å². The molecule has 1 saturated heterocycles. The van der Waals surface area contributed by atoms with Crippen LogP contribution in [-0.4, -0.2) is 37.0 Å². The Morgan fingerprint density at radius 1 is 1.29 bits per heavy atom. The number of nitrogens with one attached hydrogen (secondary N) is 2. The van der Waals surface area contributed by atoms with E-state index >= 15 is 0 Å². The van der Waals surface area contributed by atoms with E-state index in [9.17, 15) is 9.59 Å². The zero-order valence-corrected chi connectivity index (χ0v) is 11.9. The molecule has 0 radical (unpaired) electrons. The van der Waals surface area contributed by atoms with E-state index in [0.717, 1.165) is 0 Å². The summed E-state index contributed by atoms with van der Waals surface area (Å²) in [6, 6.07) is 8.71. The maximum Gasteiger partial charge on any atom is 0.321 e. The van der Waals surface area contributed by atoms with Crippen LogP contribution in [0.4, 0.5) is 10.5 Å². The number of piperidine rings is 1. The number of urea groups is 1. The van der Waals surface area contributed by atoms with Crippen LogP contribution in [0.25, 0.3) is 0 Å². The number of anilines is 1. The van der Waals surface area contributed by atoms with Crippen molar-refractivity contribution in [2.24, 2.45) is 5.92 Å². The second-order valence-corrected chi connectivity index (χ2v) is 4.96. The maximum absolute atomic E-state index is 12.2. The van der Waals surface area contributed by atoms with Gasteiger partial charge in [-0.15, -0.1) is 0 Å². The number of nitrogens with zero attached hydrogens (tertiary/aromatic N) is 2. The van der Waals surface area contributed by atoms with Gasteiger partial charge < -0.3 is 15.5 Å². The molecule has 0 spiro atoms. The Balaban J connectivity index is 1.94. The highest BCUT2D eigenvalue weighted by Gasteiger charge is 2.26. The van der Waals surface area contributed by atoms with E-state index in [2.05, 4.69) is 10.6 Å². The van der Waals surface area contributed by atoms with Gasteiger partial charge in [-0.25, -0.2) is 4.79 Å². The molecule has 2 rings (SSSR count). The van der Waals surface area contributed by atoms with E-state index in [1.807, 2.05) is 6.07 Å². The lowest BCUT2D eigenvalue weighted by molar-refractivity contribution is -0.125. The number of hydrogen-bond donors (Lipinski definition) is 2.